The molecule has 0 saturated carbocycles. The maximum atomic E-state index is 14.7. The maximum absolute atomic E-state index is 14.7. The first-order valence-electron chi connectivity index (χ1n) is 12.3. The minimum atomic E-state index is -2.96. The highest BCUT2D eigenvalue weighted by Gasteiger charge is 2.34. The Kier molecular flexibility index (Phi) is 7.75. The van der Waals surface area contributed by atoms with E-state index in [0.717, 1.165) is 32.0 Å². The summed E-state index contributed by atoms with van der Waals surface area (Å²) in [5, 5.41) is 6.10. The molecule has 10 heteroatoms. The lowest BCUT2D eigenvalue weighted by Crippen LogP contribution is -2.41. The van der Waals surface area contributed by atoms with Crippen molar-refractivity contribution >= 4 is 11.6 Å². The highest BCUT2D eigenvalue weighted by atomic mass is 19.3. The number of hydrogen-bond acceptors (Lipinski definition) is 5. The van der Waals surface area contributed by atoms with Crippen LogP contribution in [0, 0.1) is 5.82 Å². The van der Waals surface area contributed by atoms with E-state index >= 15 is 0 Å². The van der Waals surface area contributed by atoms with E-state index in [0.29, 0.717) is 25.3 Å². The van der Waals surface area contributed by atoms with Gasteiger partial charge in [0.05, 0.1) is 35.0 Å². The first kappa shape index (κ1) is 26.2. The van der Waals surface area contributed by atoms with Crippen LogP contribution in [0.25, 0.3) is 0 Å². The number of carbonyl (C=O) groups excluding carboxylic acids is 1. The molecule has 196 valence electrons. The van der Waals surface area contributed by atoms with Crippen molar-refractivity contribution in [1.82, 2.24) is 14.8 Å². The molecule has 2 fully saturated rings. The van der Waals surface area contributed by atoms with Gasteiger partial charge in [0.25, 0.3) is 17.9 Å². The molecule has 7 nitrogen and oxygen atoms in total. The number of amides is 1. The zero-order valence-corrected chi connectivity index (χ0v) is 20.8. The third-order valence-corrected chi connectivity index (χ3v) is 7.26. The lowest BCUT2D eigenvalue weighted by molar-refractivity contribution is 0.0938. The summed E-state index contributed by atoms with van der Waals surface area (Å²) in [6.07, 6.45) is 0.902. The monoisotopic (exact) mass is 506 g/mol. The first-order valence-corrected chi connectivity index (χ1v) is 12.3. The van der Waals surface area contributed by atoms with Gasteiger partial charge < -0.3 is 24.8 Å². The summed E-state index contributed by atoms with van der Waals surface area (Å²) in [4.78, 5) is 28.8. The van der Waals surface area contributed by atoms with Gasteiger partial charge in [-0.1, -0.05) is 18.2 Å². The molecular formula is C26H33F3N4O3. The molecule has 36 heavy (non-hydrogen) atoms. The van der Waals surface area contributed by atoms with Crippen molar-refractivity contribution in [2.75, 3.05) is 38.7 Å². The van der Waals surface area contributed by atoms with E-state index in [2.05, 4.69) is 15.5 Å². The number of alkyl halides is 2. The summed E-state index contributed by atoms with van der Waals surface area (Å²) >= 11 is 0. The molecule has 1 aromatic carbocycles. The largest absolute Gasteiger partial charge is 0.381 e. The molecule has 0 unspecified atom stereocenters. The second-order valence-corrected chi connectivity index (χ2v) is 10.1. The van der Waals surface area contributed by atoms with Gasteiger partial charge in [-0.15, -0.1) is 0 Å². The molecule has 0 radical (unpaired) electrons. The number of anilines is 1. The van der Waals surface area contributed by atoms with Crippen molar-refractivity contribution in [3.8, 4) is 0 Å². The summed E-state index contributed by atoms with van der Waals surface area (Å²) < 4.78 is 48.1. The van der Waals surface area contributed by atoms with Crippen molar-refractivity contribution < 1.29 is 22.7 Å². The van der Waals surface area contributed by atoms with Crippen molar-refractivity contribution in [3.05, 3.63) is 63.3 Å². The van der Waals surface area contributed by atoms with Gasteiger partial charge in [-0.3, -0.25) is 9.59 Å². The van der Waals surface area contributed by atoms with Crippen molar-refractivity contribution in [2.24, 2.45) is 0 Å². The molecule has 1 aromatic heterocycles. The van der Waals surface area contributed by atoms with Crippen LogP contribution in [-0.2, 0) is 10.3 Å². The summed E-state index contributed by atoms with van der Waals surface area (Å²) in [5.41, 5.74) is -0.949. The van der Waals surface area contributed by atoms with Gasteiger partial charge in [0, 0.05) is 30.5 Å². The van der Waals surface area contributed by atoms with Gasteiger partial charge in [0.2, 0.25) is 0 Å². The highest BCUT2D eigenvalue weighted by Crippen LogP contribution is 2.29. The molecule has 1 amide bonds. The summed E-state index contributed by atoms with van der Waals surface area (Å²) in [7, 11) is 2.05. The van der Waals surface area contributed by atoms with E-state index in [4.69, 9.17) is 4.74 Å². The molecule has 2 saturated heterocycles. The van der Waals surface area contributed by atoms with E-state index in [1.54, 1.807) is 0 Å². The average Bonchev–Trinajstić information content (AvgIpc) is 3.27. The van der Waals surface area contributed by atoms with Gasteiger partial charge in [-0.25, -0.2) is 13.2 Å². The number of nitrogens with zero attached hydrogens (tertiary/aromatic N) is 2. The van der Waals surface area contributed by atoms with Gasteiger partial charge in [-0.05, 0) is 53.2 Å². The van der Waals surface area contributed by atoms with Crippen LogP contribution in [0.2, 0.25) is 0 Å². The van der Waals surface area contributed by atoms with Gasteiger partial charge in [0.15, 0.2) is 0 Å². The van der Waals surface area contributed by atoms with Crippen LogP contribution in [-0.4, -0.2) is 54.8 Å². The quantitative estimate of drug-likeness (QED) is 0.593. The predicted molar refractivity (Wildman–Crippen MR) is 131 cm³/mol. The van der Waals surface area contributed by atoms with E-state index in [-0.39, 0.29) is 22.7 Å². The third-order valence-electron chi connectivity index (χ3n) is 7.26. The Labute approximate surface area is 208 Å². The minimum Gasteiger partial charge on any atom is -0.381 e. The van der Waals surface area contributed by atoms with Crippen LogP contribution in [0.5, 0.6) is 0 Å². The topological polar surface area (TPSA) is 75.6 Å². The van der Waals surface area contributed by atoms with E-state index in [1.807, 2.05) is 14.0 Å². The Bertz CT molecular complexity index is 1160. The lowest BCUT2D eigenvalue weighted by atomic mass is 9.99. The molecule has 0 bridgehead atoms. The van der Waals surface area contributed by atoms with Crippen molar-refractivity contribution in [3.63, 3.8) is 0 Å². The Morgan fingerprint density at radius 1 is 1.22 bits per heavy atom. The zero-order chi connectivity index (χ0) is 26.0. The number of nitrogens with one attached hydrogen (secondary N) is 2. The SMILES string of the molecule is C[C@@H](NC(=O)c1cn([C@]2(C)CCOC2)c(=O)cc1NC1CCN(C)CC1)c1cccc(C(F)F)c1F. The Morgan fingerprint density at radius 2 is 1.92 bits per heavy atom. The zero-order valence-electron chi connectivity index (χ0n) is 20.8. The fraction of sp³-hybridized carbons (Fsp3) is 0.538. The molecule has 4 rings (SSSR count). The summed E-state index contributed by atoms with van der Waals surface area (Å²) in [6, 6.07) is 4.39. The van der Waals surface area contributed by atoms with Gasteiger partial charge in [0.1, 0.15) is 5.82 Å². The van der Waals surface area contributed by atoms with E-state index < -0.39 is 35.3 Å². The van der Waals surface area contributed by atoms with Crippen LogP contribution in [0.1, 0.15) is 67.1 Å². The molecule has 2 aliphatic heterocycles. The van der Waals surface area contributed by atoms with Crippen LogP contribution in [0.15, 0.2) is 35.3 Å². The van der Waals surface area contributed by atoms with Crippen LogP contribution in [0.4, 0.5) is 18.9 Å². The highest BCUT2D eigenvalue weighted by molar-refractivity contribution is 5.99. The van der Waals surface area contributed by atoms with Crippen molar-refractivity contribution in [1.29, 1.82) is 0 Å². The maximum Gasteiger partial charge on any atom is 0.266 e. The summed E-state index contributed by atoms with van der Waals surface area (Å²) in [5.74, 6) is -1.57. The fourth-order valence-corrected chi connectivity index (χ4v) is 4.90. The van der Waals surface area contributed by atoms with Gasteiger partial charge in [-0.2, -0.15) is 0 Å². The normalized spacial score (nSPS) is 22.1. The lowest BCUT2D eigenvalue weighted by Gasteiger charge is -2.31. The predicted octanol–water partition coefficient (Wildman–Crippen LogP) is 4.06. The molecule has 2 aliphatic rings. The number of hydrogen-bond donors (Lipinski definition) is 2. The first-order chi connectivity index (χ1) is 17.1. The number of rotatable bonds is 7. The number of benzene rings is 1. The number of piperidine rings is 1. The smallest absolute Gasteiger partial charge is 0.266 e. The molecule has 2 N–H and O–H groups in total. The molecule has 2 atom stereocenters. The second-order valence-electron chi connectivity index (χ2n) is 10.1. The van der Waals surface area contributed by atoms with Crippen LogP contribution >= 0.6 is 0 Å². The molecule has 3 heterocycles. The fourth-order valence-electron chi connectivity index (χ4n) is 4.90. The number of likely N-dealkylation sites (tertiary alicyclic amines) is 1. The van der Waals surface area contributed by atoms with Gasteiger partial charge >= 0.3 is 0 Å². The minimum absolute atomic E-state index is 0.0320. The standard InChI is InChI=1S/C26H33F3N4O3/c1-16(18-5-4-6-19(23(18)27)24(28)29)30-25(35)20-14-33(26(2)9-12-36-15-26)22(34)13-21(20)31-17-7-10-32(3)11-8-17/h4-6,13-14,16-17,24,31H,7-12,15H2,1-3H3,(H,30,35)/t16-,26-/m1/s1. The third kappa shape index (κ3) is 5.44. The molecular weight excluding hydrogens is 473 g/mol. The Hall–Kier alpha value is -2.85. The summed E-state index contributed by atoms with van der Waals surface area (Å²) in [6.45, 7) is 6.08. The Morgan fingerprint density at radius 3 is 2.56 bits per heavy atom. The molecule has 0 spiro atoms. The second kappa shape index (κ2) is 10.6. The van der Waals surface area contributed by atoms with Crippen LogP contribution < -0.4 is 16.2 Å². The number of aromatic nitrogens is 1. The average molecular weight is 507 g/mol. The van der Waals surface area contributed by atoms with E-state index in [1.165, 1.54) is 35.9 Å². The van der Waals surface area contributed by atoms with E-state index in [9.17, 15) is 22.8 Å². The van der Waals surface area contributed by atoms with Crippen molar-refractivity contribution in [2.45, 2.75) is 57.2 Å². The number of carbonyl (C=O) groups is 1. The molecule has 2 aromatic rings. The van der Waals surface area contributed by atoms with Crippen LogP contribution in [0.3, 0.4) is 0 Å². The number of pyridine rings is 1. The Balaban J connectivity index is 1.66. The number of ether oxygens (including phenoxy) is 1. The molecule has 0 aliphatic carbocycles. The number of halogens is 3.